The second-order valence-corrected chi connectivity index (χ2v) is 6.06. The maximum Gasteiger partial charge on any atom is 0.324 e. The van der Waals surface area contributed by atoms with Crippen LogP contribution in [-0.2, 0) is 4.79 Å². The lowest BCUT2D eigenvalue weighted by molar-refractivity contribution is -0.124. The van der Waals surface area contributed by atoms with Gasteiger partial charge in [-0.2, -0.15) is 0 Å². The number of hydrogen-bond donors (Lipinski definition) is 3. The number of hydrogen-bond acceptors (Lipinski definition) is 3. The minimum absolute atomic E-state index is 0. The largest absolute Gasteiger partial charge is 0.355 e. The van der Waals surface area contributed by atoms with Gasteiger partial charge in [-0.3, -0.25) is 14.7 Å². The third kappa shape index (κ3) is 5.89. The van der Waals surface area contributed by atoms with Crippen LogP contribution in [0.3, 0.4) is 0 Å². The van der Waals surface area contributed by atoms with Gasteiger partial charge in [0.1, 0.15) is 0 Å². The number of halogens is 3. The maximum atomic E-state index is 11.5. The lowest BCUT2D eigenvalue weighted by Crippen LogP contribution is -2.43. The molecule has 1 atom stereocenters. The number of carbonyl (C=O) groups excluding carboxylic acids is 2. The van der Waals surface area contributed by atoms with Crippen LogP contribution in [0, 0.1) is 0 Å². The van der Waals surface area contributed by atoms with Crippen molar-refractivity contribution in [3.8, 4) is 0 Å². The Bertz CT molecular complexity index is 655. The molecule has 0 spiro atoms. The highest BCUT2D eigenvalue weighted by molar-refractivity contribution is 14.0. The van der Waals surface area contributed by atoms with Crippen molar-refractivity contribution < 1.29 is 9.59 Å². The molecule has 1 unspecified atom stereocenters. The van der Waals surface area contributed by atoms with Crippen LogP contribution in [0.2, 0.25) is 10.0 Å². The number of guanidine groups is 1. The molecule has 1 aromatic carbocycles. The zero-order chi connectivity index (χ0) is 17.7. The highest BCUT2D eigenvalue weighted by atomic mass is 127. The summed E-state index contributed by atoms with van der Waals surface area (Å²) in [7, 11) is 1.64. The number of amides is 3. The normalized spacial score (nSPS) is 15.5. The van der Waals surface area contributed by atoms with Gasteiger partial charge < -0.3 is 16.0 Å². The molecule has 1 saturated heterocycles. The van der Waals surface area contributed by atoms with Gasteiger partial charge in [0.25, 0.3) is 0 Å². The first-order valence-corrected chi connectivity index (χ1v) is 8.18. The van der Waals surface area contributed by atoms with Crippen molar-refractivity contribution in [3.05, 3.63) is 33.8 Å². The number of carbonyl (C=O) groups is 2. The Labute approximate surface area is 173 Å². The molecule has 3 amide bonds. The van der Waals surface area contributed by atoms with Crippen molar-refractivity contribution in [1.29, 1.82) is 0 Å². The predicted molar refractivity (Wildman–Crippen MR) is 110 cm³/mol. The van der Waals surface area contributed by atoms with Crippen LogP contribution < -0.4 is 16.0 Å². The summed E-state index contributed by atoms with van der Waals surface area (Å²) in [4.78, 5) is 28.2. The summed E-state index contributed by atoms with van der Waals surface area (Å²) in [6.07, 6.45) is 0. The van der Waals surface area contributed by atoms with Gasteiger partial charge in [-0.15, -0.1) is 24.0 Å². The smallest absolute Gasteiger partial charge is 0.324 e. The zero-order valence-electron chi connectivity index (χ0n) is 13.8. The number of benzene rings is 1. The first kappa shape index (κ1) is 21.8. The Hall–Kier alpha value is -1.26. The summed E-state index contributed by atoms with van der Waals surface area (Å²) < 4.78 is 0. The van der Waals surface area contributed by atoms with E-state index in [1.165, 1.54) is 4.90 Å². The summed E-state index contributed by atoms with van der Waals surface area (Å²) in [5.41, 5.74) is 0.960. The summed E-state index contributed by atoms with van der Waals surface area (Å²) in [5.74, 6) is 0.328. The van der Waals surface area contributed by atoms with Crippen LogP contribution in [-0.4, -0.2) is 49.5 Å². The molecule has 0 radical (unpaired) electrons. The lowest BCUT2D eigenvalue weighted by atomic mass is 10.1. The van der Waals surface area contributed by atoms with E-state index < -0.39 is 0 Å². The van der Waals surface area contributed by atoms with Crippen LogP contribution in [0.15, 0.2) is 23.2 Å². The Morgan fingerprint density at radius 2 is 2.08 bits per heavy atom. The number of aliphatic imine (C=N–C) groups is 1. The highest BCUT2D eigenvalue weighted by Gasteiger charge is 2.27. The molecule has 25 heavy (non-hydrogen) atoms. The van der Waals surface area contributed by atoms with Crippen molar-refractivity contribution in [3.63, 3.8) is 0 Å². The molecule has 1 aliphatic heterocycles. The standard InChI is InChI=1S/C15H19Cl2N5O2.HI/c1-9(10-3-4-11(16)12(17)7-10)21-14(18-2)19-5-6-22-13(23)8-20-15(22)24;/h3-4,7,9H,5-6,8H2,1-2H3,(H,20,24)(H2,18,19,21);1H. The molecule has 10 heteroatoms. The Morgan fingerprint density at radius 3 is 2.64 bits per heavy atom. The third-order valence-electron chi connectivity index (χ3n) is 3.59. The predicted octanol–water partition coefficient (Wildman–Crippen LogP) is 2.39. The van der Waals surface area contributed by atoms with Crippen molar-refractivity contribution in [2.45, 2.75) is 13.0 Å². The second-order valence-electron chi connectivity index (χ2n) is 5.24. The van der Waals surface area contributed by atoms with E-state index in [1.54, 1.807) is 19.2 Å². The van der Waals surface area contributed by atoms with Crippen LogP contribution in [0.1, 0.15) is 18.5 Å². The monoisotopic (exact) mass is 499 g/mol. The molecule has 2 rings (SSSR count). The van der Waals surface area contributed by atoms with Gasteiger partial charge in [0.05, 0.1) is 22.6 Å². The van der Waals surface area contributed by atoms with E-state index in [0.717, 1.165) is 5.56 Å². The van der Waals surface area contributed by atoms with Crippen molar-refractivity contribution in [2.24, 2.45) is 4.99 Å². The molecule has 3 N–H and O–H groups in total. The molecule has 1 aliphatic rings. The SMILES string of the molecule is CN=C(NCCN1C(=O)CNC1=O)NC(C)c1ccc(Cl)c(Cl)c1.I. The van der Waals surface area contributed by atoms with Gasteiger partial charge >= 0.3 is 6.03 Å². The Balaban J connectivity index is 0.00000312. The average Bonchev–Trinajstić information content (AvgIpc) is 2.88. The van der Waals surface area contributed by atoms with Crippen LogP contribution >= 0.6 is 47.2 Å². The summed E-state index contributed by atoms with van der Waals surface area (Å²) in [5, 5.41) is 9.75. The van der Waals surface area contributed by atoms with Crippen LogP contribution in [0.4, 0.5) is 4.79 Å². The van der Waals surface area contributed by atoms with Gasteiger partial charge in [0.15, 0.2) is 5.96 Å². The van der Waals surface area contributed by atoms with Gasteiger partial charge in [0, 0.05) is 20.1 Å². The number of nitrogens with zero attached hydrogens (tertiary/aromatic N) is 2. The van der Waals surface area contributed by atoms with E-state index in [4.69, 9.17) is 23.2 Å². The zero-order valence-corrected chi connectivity index (χ0v) is 17.6. The fraction of sp³-hybridized carbons (Fsp3) is 0.400. The molecular weight excluding hydrogens is 480 g/mol. The fourth-order valence-electron chi connectivity index (χ4n) is 2.23. The van der Waals surface area contributed by atoms with E-state index in [-0.39, 0.29) is 55.0 Å². The lowest BCUT2D eigenvalue weighted by Gasteiger charge is -2.20. The second kappa shape index (κ2) is 10.0. The van der Waals surface area contributed by atoms with E-state index in [0.29, 0.717) is 22.5 Å². The summed E-state index contributed by atoms with van der Waals surface area (Å²) >= 11 is 12.0. The molecule has 0 aromatic heterocycles. The van der Waals surface area contributed by atoms with Gasteiger partial charge in [0.2, 0.25) is 5.91 Å². The van der Waals surface area contributed by atoms with Crippen molar-refractivity contribution >= 4 is 65.1 Å². The van der Waals surface area contributed by atoms with Crippen LogP contribution in [0.5, 0.6) is 0 Å². The van der Waals surface area contributed by atoms with E-state index in [1.807, 2.05) is 13.0 Å². The van der Waals surface area contributed by atoms with Crippen LogP contribution in [0.25, 0.3) is 0 Å². The first-order valence-electron chi connectivity index (χ1n) is 7.42. The number of urea groups is 1. The van der Waals surface area contributed by atoms with Gasteiger partial charge in [-0.25, -0.2) is 4.79 Å². The summed E-state index contributed by atoms with van der Waals surface area (Å²) in [6, 6.07) is 5.00. The molecule has 138 valence electrons. The van der Waals surface area contributed by atoms with Gasteiger partial charge in [-0.05, 0) is 24.6 Å². The molecule has 1 heterocycles. The molecular formula is C15H20Cl2IN5O2. The van der Waals surface area contributed by atoms with E-state index in [9.17, 15) is 9.59 Å². The number of imide groups is 1. The molecule has 0 saturated carbocycles. The molecule has 1 fully saturated rings. The van der Waals surface area contributed by atoms with E-state index >= 15 is 0 Å². The Morgan fingerprint density at radius 1 is 1.36 bits per heavy atom. The van der Waals surface area contributed by atoms with Crippen molar-refractivity contribution in [2.75, 3.05) is 26.7 Å². The van der Waals surface area contributed by atoms with Crippen molar-refractivity contribution in [1.82, 2.24) is 20.9 Å². The molecule has 1 aromatic rings. The van der Waals surface area contributed by atoms with Gasteiger partial charge in [-0.1, -0.05) is 29.3 Å². The molecule has 7 nitrogen and oxygen atoms in total. The molecule has 0 aliphatic carbocycles. The quantitative estimate of drug-likeness (QED) is 0.251. The maximum absolute atomic E-state index is 11.5. The van der Waals surface area contributed by atoms with E-state index in [2.05, 4.69) is 20.9 Å². The topological polar surface area (TPSA) is 85.8 Å². The third-order valence-corrected chi connectivity index (χ3v) is 4.32. The minimum Gasteiger partial charge on any atom is -0.355 e. The number of rotatable bonds is 5. The minimum atomic E-state index is -0.367. The highest BCUT2D eigenvalue weighted by Crippen LogP contribution is 2.25. The number of nitrogens with one attached hydrogen (secondary N) is 3. The fourth-order valence-corrected chi connectivity index (χ4v) is 2.54. The Kier molecular flexibility index (Phi) is 8.74. The average molecular weight is 500 g/mol. The molecule has 0 bridgehead atoms. The first-order chi connectivity index (χ1) is 11.4. The summed E-state index contributed by atoms with van der Waals surface area (Å²) in [6.45, 7) is 2.68.